The maximum Gasteiger partial charge on any atom is 0.214 e. The predicted octanol–water partition coefficient (Wildman–Crippen LogP) is 6.19. The number of H-pyrrole nitrogens is 1. The van der Waals surface area contributed by atoms with Crippen molar-refractivity contribution in [2.75, 3.05) is 36.0 Å². The van der Waals surface area contributed by atoms with Crippen molar-refractivity contribution in [3.05, 3.63) is 95.1 Å². The van der Waals surface area contributed by atoms with Gasteiger partial charge < -0.3 is 29.7 Å². The van der Waals surface area contributed by atoms with Gasteiger partial charge in [-0.2, -0.15) is 5.10 Å². The van der Waals surface area contributed by atoms with E-state index in [1.54, 1.807) is 48.3 Å². The molecule has 6 rings (SSSR count). The summed E-state index contributed by atoms with van der Waals surface area (Å²) in [5.41, 5.74) is 11.4. The number of ketones is 1. The lowest BCUT2D eigenvalue weighted by atomic mass is 10.1. The molecule has 11 heteroatoms. The molecule has 0 aliphatic carbocycles. The molecule has 3 heterocycles. The summed E-state index contributed by atoms with van der Waals surface area (Å²) in [5.74, 6) is 0.875. The molecule has 3 aromatic carbocycles. The fraction of sp³-hybridized carbons (Fsp3) is 0.226. The van der Waals surface area contributed by atoms with Crippen molar-refractivity contribution in [1.29, 1.82) is 0 Å². The quantitative estimate of drug-likeness (QED) is 0.138. The van der Waals surface area contributed by atoms with Crippen LogP contribution >= 0.6 is 11.9 Å². The van der Waals surface area contributed by atoms with Gasteiger partial charge in [0.05, 0.1) is 49.1 Å². The Hall–Kier alpha value is -4.32. The molecule has 1 saturated heterocycles. The smallest absolute Gasteiger partial charge is 0.214 e. The molecule has 216 valence electrons. The number of hydrogen-bond acceptors (Lipinski definition) is 8. The third-order valence-electron chi connectivity index (χ3n) is 7.06. The van der Waals surface area contributed by atoms with Crippen LogP contribution in [0.5, 0.6) is 11.5 Å². The molecule has 9 nitrogen and oxygen atoms in total. The third kappa shape index (κ3) is 5.71. The molecule has 0 spiro atoms. The molecule has 0 radical (unpaired) electrons. The summed E-state index contributed by atoms with van der Waals surface area (Å²) in [6.45, 7) is 5.76. The normalized spacial score (nSPS) is 15.2. The fourth-order valence-electron chi connectivity index (χ4n) is 4.83. The molecule has 1 aliphatic rings. The van der Waals surface area contributed by atoms with E-state index in [2.05, 4.69) is 14.8 Å². The minimum absolute atomic E-state index is 0.0651. The highest BCUT2D eigenvalue weighted by Crippen LogP contribution is 2.30. The Balaban J connectivity index is 1.18. The zero-order chi connectivity index (χ0) is 29.2. The zero-order valence-electron chi connectivity index (χ0n) is 23.1. The number of nitrogens with two attached hydrogens (primary N) is 1. The first-order valence-electron chi connectivity index (χ1n) is 13.5. The summed E-state index contributed by atoms with van der Waals surface area (Å²) in [6.07, 6.45) is 1.54. The second kappa shape index (κ2) is 11.9. The second-order valence-electron chi connectivity index (χ2n) is 10.1. The second-order valence-corrected chi connectivity index (χ2v) is 10.9. The van der Waals surface area contributed by atoms with Crippen LogP contribution in [-0.2, 0) is 9.47 Å². The van der Waals surface area contributed by atoms with Gasteiger partial charge in [-0.15, -0.1) is 0 Å². The third-order valence-corrected chi connectivity index (χ3v) is 7.96. The summed E-state index contributed by atoms with van der Waals surface area (Å²) in [5, 5.41) is 5.32. The molecule has 1 aliphatic heterocycles. The predicted molar refractivity (Wildman–Crippen MR) is 162 cm³/mol. The first kappa shape index (κ1) is 27.8. The SMILES string of the molecule is Cc1cc2cc(C(=O)c3cnn(-c4ccc(Oc5ccccc5F)cc4C)c3N)[nH]c2cc1NSCC1COCCO1. The number of ether oxygens (including phenoxy) is 3. The van der Waals surface area contributed by atoms with Gasteiger partial charge in [-0.25, -0.2) is 9.07 Å². The summed E-state index contributed by atoms with van der Waals surface area (Å²) >= 11 is 1.56. The van der Waals surface area contributed by atoms with Gasteiger partial charge in [0.2, 0.25) is 5.78 Å². The topological polar surface area (TPSA) is 116 Å². The number of carbonyl (C=O) groups is 1. The van der Waals surface area contributed by atoms with E-state index in [0.717, 1.165) is 33.5 Å². The van der Waals surface area contributed by atoms with Gasteiger partial charge in [-0.1, -0.05) is 12.1 Å². The molecule has 42 heavy (non-hydrogen) atoms. The molecule has 5 aromatic rings. The number of aryl methyl sites for hydroxylation is 2. The summed E-state index contributed by atoms with van der Waals surface area (Å²) in [7, 11) is 0. The van der Waals surface area contributed by atoms with Crippen molar-refractivity contribution in [3.8, 4) is 17.2 Å². The van der Waals surface area contributed by atoms with E-state index in [9.17, 15) is 9.18 Å². The Labute approximate surface area is 246 Å². The van der Waals surface area contributed by atoms with Crippen molar-refractivity contribution in [1.82, 2.24) is 14.8 Å². The maximum atomic E-state index is 14.0. The highest BCUT2D eigenvalue weighted by molar-refractivity contribution is 8.00. The van der Waals surface area contributed by atoms with Crippen molar-refractivity contribution in [2.45, 2.75) is 20.0 Å². The van der Waals surface area contributed by atoms with E-state index in [-0.39, 0.29) is 29.0 Å². The van der Waals surface area contributed by atoms with Crippen LogP contribution in [0.3, 0.4) is 0 Å². The number of benzene rings is 3. The molecule has 1 fully saturated rings. The Bertz CT molecular complexity index is 1760. The number of anilines is 2. The number of fused-ring (bicyclic) bond motifs is 1. The monoisotopic (exact) mass is 587 g/mol. The molecule has 1 atom stereocenters. The van der Waals surface area contributed by atoms with E-state index in [1.165, 1.54) is 16.9 Å². The lowest BCUT2D eigenvalue weighted by Crippen LogP contribution is -2.30. The van der Waals surface area contributed by atoms with Crippen LogP contribution in [0.2, 0.25) is 0 Å². The first-order chi connectivity index (χ1) is 20.4. The van der Waals surface area contributed by atoms with Crippen molar-refractivity contribution < 1.29 is 23.4 Å². The molecule has 4 N–H and O–H groups in total. The number of nitrogen functional groups attached to an aromatic ring is 1. The largest absolute Gasteiger partial charge is 0.454 e. The standard InChI is InChI=1S/C31H30FN5O4S/c1-18-11-20-13-27(35-26(20)14-25(18)36-42-17-22-16-39-9-10-40-22)30(38)23-15-34-37(31(23)33)28-8-7-21(12-19(28)2)41-29-6-4-3-5-24(29)32/h3-8,11-15,22,35-36H,9-10,16-17,33H2,1-2H3. The highest BCUT2D eigenvalue weighted by Gasteiger charge is 2.21. The number of aromatic amines is 1. The van der Waals surface area contributed by atoms with Crippen molar-refractivity contribution >= 4 is 40.1 Å². The number of para-hydroxylation sites is 1. The van der Waals surface area contributed by atoms with Crippen LogP contribution < -0.4 is 15.2 Å². The Morgan fingerprint density at radius 3 is 2.81 bits per heavy atom. The average molecular weight is 588 g/mol. The number of aromatic nitrogens is 3. The lowest BCUT2D eigenvalue weighted by Gasteiger charge is -2.22. The number of carbonyl (C=O) groups excluding carboxylic acids is 1. The van der Waals surface area contributed by atoms with E-state index < -0.39 is 5.82 Å². The van der Waals surface area contributed by atoms with E-state index in [0.29, 0.717) is 37.0 Å². The van der Waals surface area contributed by atoms with Crippen LogP contribution in [-0.4, -0.2) is 52.2 Å². The van der Waals surface area contributed by atoms with Crippen LogP contribution in [0, 0.1) is 19.7 Å². The van der Waals surface area contributed by atoms with E-state index in [4.69, 9.17) is 19.9 Å². The number of nitrogens with zero attached hydrogens (tertiary/aromatic N) is 2. The Morgan fingerprint density at radius 2 is 2.02 bits per heavy atom. The Kier molecular flexibility index (Phi) is 7.88. The van der Waals surface area contributed by atoms with Crippen LogP contribution in [0.4, 0.5) is 15.9 Å². The van der Waals surface area contributed by atoms with Crippen LogP contribution in [0.25, 0.3) is 16.6 Å². The molecule has 1 unspecified atom stereocenters. The number of hydrogen-bond donors (Lipinski definition) is 3. The molecule has 0 bridgehead atoms. The Morgan fingerprint density at radius 1 is 1.17 bits per heavy atom. The summed E-state index contributed by atoms with van der Waals surface area (Å²) in [6, 6.07) is 17.3. The van der Waals surface area contributed by atoms with E-state index >= 15 is 0 Å². The van der Waals surface area contributed by atoms with Gasteiger partial charge in [0.25, 0.3) is 0 Å². The van der Waals surface area contributed by atoms with Gasteiger partial charge in [0.15, 0.2) is 11.6 Å². The zero-order valence-corrected chi connectivity index (χ0v) is 24.0. The molecule has 2 aromatic heterocycles. The van der Waals surface area contributed by atoms with Gasteiger partial charge >= 0.3 is 0 Å². The number of rotatable bonds is 9. The van der Waals surface area contributed by atoms with Crippen LogP contribution in [0.1, 0.15) is 27.2 Å². The fourth-order valence-corrected chi connectivity index (χ4v) is 5.66. The molecule has 0 amide bonds. The minimum atomic E-state index is -0.447. The van der Waals surface area contributed by atoms with Gasteiger partial charge in [0.1, 0.15) is 11.6 Å². The molecule has 0 saturated carbocycles. The first-order valence-corrected chi connectivity index (χ1v) is 14.5. The highest BCUT2D eigenvalue weighted by atomic mass is 32.2. The number of nitrogens with one attached hydrogen (secondary N) is 2. The van der Waals surface area contributed by atoms with E-state index in [1.807, 2.05) is 32.0 Å². The average Bonchev–Trinajstić information content (AvgIpc) is 3.57. The lowest BCUT2D eigenvalue weighted by molar-refractivity contribution is -0.0776. The maximum absolute atomic E-state index is 14.0. The molecular weight excluding hydrogens is 557 g/mol. The van der Waals surface area contributed by atoms with Gasteiger partial charge in [-0.3, -0.25) is 4.79 Å². The molecular formula is C31H30FN5O4S. The van der Waals surface area contributed by atoms with Gasteiger partial charge in [-0.05, 0) is 85.5 Å². The van der Waals surface area contributed by atoms with Crippen LogP contribution in [0.15, 0.2) is 66.9 Å². The minimum Gasteiger partial charge on any atom is -0.454 e. The van der Waals surface area contributed by atoms with Gasteiger partial charge in [0, 0.05) is 22.3 Å². The summed E-state index contributed by atoms with van der Waals surface area (Å²) < 4.78 is 35.8. The summed E-state index contributed by atoms with van der Waals surface area (Å²) in [4.78, 5) is 16.7. The number of halogens is 1. The van der Waals surface area contributed by atoms with Crippen molar-refractivity contribution in [3.63, 3.8) is 0 Å². The van der Waals surface area contributed by atoms with Crippen molar-refractivity contribution in [2.24, 2.45) is 0 Å².